The Bertz CT molecular complexity index is 577. The first-order valence-corrected chi connectivity index (χ1v) is 7.97. The lowest BCUT2D eigenvalue weighted by Gasteiger charge is -2.21. The number of benzene rings is 1. The van der Waals surface area contributed by atoms with E-state index >= 15 is 0 Å². The fourth-order valence-corrected chi connectivity index (χ4v) is 3.10. The summed E-state index contributed by atoms with van der Waals surface area (Å²) in [7, 11) is 0. The smallest absolute Gasteiger partial charge is 0.205 e. The molecule has 4 nitrogen and oxygen atoms in total. The predicted molar refractivity (Wildman–Crippen MR) is 84.0 cm³/mol. The highest BCUT2D eigenvalue weighted by Crippen LogP contribution is 2.34. The van der Waals surface area contributed by atoms with E-state index in [1.165, 1.54) is 29.9 Å². The molecule has 0 radical (unpaired) electrons. The molecule has 1 saturated carbocycles. The van der Waals surface area contributed by atoms with Crippen LogP contribution in [0.25, 0.3) is 0 Å². The monoisotopic (exact) mass is 288 g/mol. The minimum absolute atomic E-state index is 0.624. The molecule has 2 aromatic rings. The van der Waals surface area contributed by atoms with Gasteiger partial charge in [-0.15, -0.1) is 0 Å². The van der Waals surface area contributed by atoms with Gasteiger partial charge in [0.1, 0.15) is 5.82 Å². The van der Waals surface area contributed by atoms with Crippen molar-refractivity contribution < 1.29 is 0 Å². The molecule has 2 N–H and O–H groups in total. The third kappa shape index (κ3) is 3.10. The maximum atomic E-state index is 5.86. The lowest BCUT2D eigenvalue weighted by molar-refractivity contribution is 0.780. The van der Waals surface area contributed by atoms with E-state index in [1.54, 1.807) is 0 Å². The van der Waals surface area contributed by atoms with E-state index in [1.807, 2.05) is 18.2 Å². The van der Waals surface area contributed by atoms with Crippen molar-refractivity contribution in [1.82, 2.24) is 9.36 Å². The van der Waals surface area contributed by atoms with Crippen LogP contribution < -0.4 is 10.6 Å². The highest BCUT2D eigenvalue weighted by Gasteiger charge is 2.31. The van der Waals surface area contributed by atoms with Gasteiger partial charge in [0.15, 0.2) is 0 Å². The van der Waals surface area contributed by atoms with Crippen molar-refractivity contribution in [2.24, 2.45) is 0 Å². The Morgan fingerprint density at radius 3 is 2.95 bits per heavy atom. The second kappa shape index (κ2) is 5.79. The van der Waals surface area contributed by atoms with Gasteiger partial charge in [0.2, 0.25) is 5.13 Å². The quantitative estimate of drug-likeness (QED) is 0.829. The van der Waals surface area contributed by atoms with Crippen LogP contribution in [0.1, 0.15) is 37.6 Å². The highest BCUT2D eigenvalue weighted by atomic mass is 32.1. The average Bonchev–Trinajstić information content (AvgIpc) is 3.17. The Labute approximate surface area is 123 Å². The lowest BCUT2D eigenvalue weighted by atomic mass is 10.2. The van der Waals surface area contributed by atoms with Crippen LogP contribution in [0.3, 0.4) is 0 Å². The SMILES string of the molecule is CCCc1nsc(N(Cc2cccc(N)c2)C2CC2)n1. The van der Waals surface area contributed by atoms with Crippen molar-refractivity contribution in [3.05, 3.63) is 35.7 Å². The summed E-state index contributed by atoms with van der Waals surface area (Å²) in [6.07, 6.45) is 4.57. The number of hydrogen-bond acceptors (Lipinski definition) is 5. The van der Waals surface area contributed by atoms with Crippen molar-refractivity contribution in [2.45, 2.75) is 45.2 Å². The molecule has 0 bridgehead atoms. The third-order valence-corrected chi connectivity index (χ3v) is 4.26. The first-order valence-electron chi connectivity index (χ1n) is 7.20. The molecule has 1 fully saturated rings. The van der Waals surface area contributed by atoms with Crippen LogP contribution in [0.5, 0.6) is 0 Å². The molecule has 0 saturated heterocycles. The van der Waals surface area contributed by atoms with Crippen LogP contribution in [0.2, 0.25) is 0 Å². The molecule has 3 rings (SSSR count). The number of aryl methyl sites for hydroxylation is 1. The van der Waals surface area contributed by atoms with Gasteiger partial charge in [-0.05, 0) is 37.0 Å². The topological polar surface area (TPSA) is 55.0 Å². The van der Waals surface area contributed by atoms with Crippen molar-refractivity contribution in [1.29, 1.82) is 0 Å². The van der Waals surface area contributed by atoms with E-state index < -0.39 is 0 Å². The summed E-state index contributed by atoms with van der Waals surface area (Å²) in [5.74, 6) is 0.978. The minimum atomic E-state index is 0.624. The molecular weight excluding hydrogens is 268 g/mol. The Hall–Kier alpha value is -1.62. The van der Waals surface area contributed by atoms with Gasteiger partial charge in [-0.1, -0.05) is 19.1 Å². The van der Waals surface area contributed by atoms with Crippen LogP contribution in [0, 0.1) is 0 Å². The Morgan fingerprint density at radius 1 is 1.40 bits per heavy atom. The van der Waals surface area contributed by atoms with E-state index in [9.17, 15) is 0 Å². The first kappa shape index (κ1) is 13.4. The summed E-state index contributed by atoms with van der Waals surface area (Å²) in [4.78, 5) is 7.06. The summed E-state index contributed by atoms with van der Waals surface area (Å²) in [5.41, 5.74) is 7.93. The summed E-state index contributed by atoms with van der Waals surface area (Å²) < 4.78 is 4.46. The number of anilines is 2. The average molecular weight is 288 g/mol. The summed E-state index contributed by atoms with van der Waals surface area (Å²) in [6, 6.07) is 8.73. The largest absolute Gasteiger partial charge is 0.399 e. The van der Waals surface area contributed by atoms with Gasteiger partial charge < -0.3 is 10.6 Å². The van der Waals surface area contributed by atoms with Gasteiger partial charge in [0.25, 0.3) is 0 Å². The molecule has 0 aliphatic heterocycles. The zero-order valence-corrected chi connectivity index (χ0v) is 12.6. The molecule has 20 heavy (non-hydrogen) atoms. The molecular formula is C15H20N4S. The Morgan fingerprint density at radius 2 is 2.25 bits per heavy atom. The van der Waals surface area contributed by atoms with Gasteiger partial charge >= 0.3 is 0 Å². The highest BCUT2D eigenvalue weighted by molar-refractivity contribution is 7.09. The Balaban J connectivity index is 1.78. The number of hydrogen-bond donors (Lipinski definition) is 1. The van der Waals surface area contributed by atoms with Crippen LogP contribution in [-0.4, -0.2) is 15.4 Å². The maximum absolute atomic E-state index is 5.86. The van der Waals surface area contributed by atoms with Crippen LogP contribution in [-0.2, 0) is 13.0 Å². The van der Waals surface area contributed by atoms with Crippen molar-refractivity contribution in [2.75, 3.05) is 10.6 Å². The molecule has 1 heterocycles. The first-order chi connectivity index (χ1) is 9.76. The van der Waals surface area contributed by atoms with Crippen molar-refractivity contribution >= 4 is 22.4 Å². The van der Waals surface area contributed by atoms with E-state index in [2.05, 4.69) is 27.2 Å². The van der Waals surface area contributed by atoms with Gasteiger partial charge in [0.05, 0.1) is 0 Å². The molecule has 1 aliphatic rings. The standard InChI is InChI=1S/C15H20N4S/c1-2-4-14-17-15(20-18-14)19(13-7-8-13)10-11-5-3-6-12(16)9-11/h3,5-6,9,13H,2,4,7-8,10,16H2,1H3. The third-order valence-electron chi connectivity index (χ3n) is 3.47. The number of nitrogen functional groups attached to an aromatic ring is 1. The van der Waals surface area contributed by atoms with E-state index in [4.69, 9.17) is 5.73 Å². The van der Waals surface area contributed by atoms with Gasteiger partial charge in [-0.25, -0.2) is 4.98 Å². The summed E-state index contributed by atoms with van der Waals surface area (Å²) >= 11 is 1.52. The minimum Gasteiger partial charge on any atom is -0.399 e. The maximum Gasteiger partial charge on any atom is 0.205 e. The van der Waals surface area contributed by atoms with Crippen LogP contribution in [0.15, 0.2) is 24.3 Å². The predicted octanol–water partition coefficient (Wildman–Crippen LogP) is 3.24. The molecule has 0 spiro atoms. The zero-order valence-electron chi connectivity index (χ0n) is 11.7. The molecule has 0 atom stereocenters. The van der Waals surface area contributed by atoms with Crippen molar-refractivity contribution in [3.63, 3.8) is 0 Å². The van der Waals surface area contributed by atoms with Crippen LogP contribution in [0.4, 0.5) is 10.8 Å². The number of nitrogens with two attached hydrogens (primary N) is 1. The molecule has 5 heteroatoms. The van der Waals surface area contributed by atoms with E-state index in [0.29, 0.717) is 6.04 Å². The number of nitrogens with zero attached hydrogens (tertiary/aromatic N) is 3. The Kier molecular flexibility index (Phi) is 3.87. The normalized spacial score (nSPS) is 14.4. The fraction of sp³-hybridized carbons (Fsp3) is 0.467. The lowest BCUT2D eigenvalue weighted by Crippen LogP contribution is -2.24. The van der Waals surface area contributed by atoms with E-state index in [-0.39, 0.29) is 0 Å². The van der Waals surface area contributed by atoms with E-state index in [0.717, 1.165) is 36.0 Å². The molecule has 1 aromatic carbocycles. The molecule has 1 aromatic heterocycles. The molecule has 0 unspecified atom stereocenters. The number of rotatable bonds is 6. The molecule has 106 valence electrons. The van der Waals surface area contributed by atoms with Crippen LogP contribution >= 0.6 is 11.5 Å². The summed E-state index contributed by atoms with van der Waals surface area (Å²) in [5, 5.41) is 1.05. The summed E-state index contributed by atoms with van der Waals surface area (Å²) in [6.45, 7) is 3.03. The number of aromatic nitrogens is 2. The zero-order chi connectivity index (χ0) is 13.9. The molecule has 1 aliphatic carbocycles. The fourth-order valence-electron chi connectivity index (χ4n) is 2.31. The molecule has 0 amide bonds. The van der Waals surface area contributed by atoms with Gasteiger partial charge in [-0.2, -0.15) is 4.37 Å². The van der Waals surface area contributed by atoms with Crippen molar-refractivity contribution in [3.8, 4) is 0 Å². The van der Waals surface area contributed by atoms with Gasteiger partial charge in [0, 0.05) is 36.2 Å². The second-order valence-electron chi connectivity index (χ2n) is 5.35. The van der Waals surface area contributed by atoms with Gasteiger partial charge in [-0.3, -0.25) is 0 Å². The second-order valence-corrected chi connectivity index (χ2v) is 6.08.